The first-order valence-corrected chi connectivity index (χ1v) is 11.3. The predicted molar refractivity (Wildman–Crippen MR) is 118 cm³/mol. The third kappa shape index (κ3) is 6.30. The van der Waals surface area contributed by atoms with Crippen molar-refractivity contribution < 1.29 is 9.59 Å². The molecule has 0 radical (unpaired) electrons. The summed E-state index contributed by atoms with van der Waals surface area (Å²) in [6.45, 7) is 10.5. The van der Waals surface area contributed by atoms with Crippen molar-refractivity contribution in [3.05, 3.63) is 29.8 Å². The van der Waals surface area contributed by atoms with E-state index in [-0.39, 0.29) is 11.8 Å². The van der Waals surface area contributed by atoms with E-state index in [0.717, 1.165) is 38.5 Å². The standard InChI is InChI=1S/C24H37N3O2/c1-24(2,3)23(29)25-21-12-7-11-20(17-21)22(28)27-14-8-13-26(15-16-27)18-19-9-5-4-6-10-19/h7,11-12,17,19H,4-6,8-10,13-16,18H2,1-3H3,(H,25,29). The van der Waals surface area contributed by atoms with E-state index in [9.17, 15) is 9.59 Å². The predicted octanol–water partition coefficient (Wildman–Crippen LogP) is 4.40. The van der Waals surface area contributed by atoms with Crippen molar-refractivity contribution >= 4 is 17.5 Å². The summed E-state index contributed by atoms with van der Waals surface area (Å²) in [6, 6.07) is 7.34. The molecule has 160 valence electrons. The van der Waals surface area contributed by atoms with Gasteiger partial charge in [-0.25, -0.2) is 0 Å². The Morgan fingerprint density at radius 2 is 1.76 bits per heavy atom. The SMILES string of the molecule is CC(C)(C)C(=O)Nc1cccc(C(=O)N2CCCN(CC3CCCCC3)CC2)c1. The Balaban J connectivity index is 1.57. The molecule has 2 amide bonds. The first kappa shape index (κ1) is 21.8. The number of hydrogen-bond donors (Lipinski definition) is 1. The van der Waals surface area contributed by atoms with Crippen molar-refractivity contribution in [3.8, 4) is 0 Å². The third-order valence-corrected chi connectivity index (χ3v) is 6.17. The second-order valence-electron chi connectivity index (χ2n) is 9.74. The van der Waals surface area contributed by atoms with Gasteiger partial charge >= 0.3 is 0 Å². The van der Waals surface area contributed by atoms with Crippen LogP contribution in [0.25, 0.3) is 0 Å². The van der Waals surface area contributed by atoms with Gasteiger partial charge in [-0.15, -0.1) is 0 Å². The van der Waals surface area contributed by atoms with E-state index in [4.69, 9.17) is 0 Å². The van der Waals surface area contributed by atoms with Crippen molar-refractivity contribution in [3.63, 3.8) is 0 Å². The molecular weight excluding hydrogens is 362 g/mol. The van der Waals surface area contributed by atoms with E-state index in [1.54, 1.807) is 6.07 Å². The summed E-state index contributed by atoms with van der Waals surface area (Å²) in [6.07, 6.45) is 7.92. The molecule has 2 fully saturated rings. The number of carbonyl (C=O) groups is 2. The highest BCUT2D eigenvalue weighted by Gasteiger charge is 2.24. The van der Waals surface area contributed by atoms with Crippen LogP contribution in [0, 0.1) is 11.3 Å². The highest BCUT2D eigenvalue weighted by molar-refractivity contribution is 5.98. The summed E-state index contributed by atoms with van der Waals surface area (Å²) < 4.78 is 0. The Hall–Kier alpha value is -1.88. The largest absolute Gasteiger partial charge is 0.337 e. The number of benzene rings is 1. The average molecular weight is 400 g/mol. The van der Waals surface area contributed by atoms with Crippen LogP contribution in [0.3, 0.4) is 0 Å². The van der Waals surface area contributed by atoms with E-state index in [1.807, 2.05) is 43.9 Å². The topological polar surface area (TPSA) is 52.7 Å². The highest BCUT2D eigenvalue weighted by Crippen LogP contribution is 2.25. The first-order chi connectivity index (χ1) is 13.8. The van der Waals surface area contributed by atoms with Gasteiger partial charge in [0.05, 0.1) is 0 Å². The Morgan fingerprint density at radius 3 is 2.48 bits per heavy atom. The van der Waals surface area contributed by atoms with Crippen LogP contribution in [-0.2, 0) is 4.79 Å². The van der Waals surface area contributed by atoms with E-state index in [1.165, 1.54) is 38.6 Å². The number of nitrogens with zero attached hydrogens (tertiary/aromatic N) is 2. The summed E-state index contributed by atoms with van der Waals surface area (Å²) in [5, 5.41) is 2.93. The van der Waals surface area contributed by atoms with Crippen LogP contribution >= 0.6 is 0 Å². The molecule has 0 atom stereocenters. The van der Waals surface area contributed by atoms with Gasteiger partial charge in [0.2, 0.25) is 5.91 Å². The van der Waals surface area contributed by atoms with Crippen molar-refractivity contribution in [2.45, 2.75) is 59.3 Å². The number of carbonyl (C=O) groups excluding carboxylic acids is 2. The molecule has 5 nitrogen and oxygen atoms in total. The molecule has 29 heavy (non-hydrogen) atoms. The molecule has 0 spiro atoms. The summed E-state index contributed by atoms with van der Waals surface area (Å²) in [5.74, 6) is 0.862. The van der Waals surface area contributed by atoms with Gasteiger partial charge in [-0.05, 0) is 49.9 Å². The number of nitrogens with one attached hydrogen (secondary N) is 1. The normalized spacial score (nSPS) is 19.6. The fraction of sp³-hybridized carbons (Fsp3) is 0.667. The van der Waals surface area contributed by atoms with Crippen molar-refractivity contribution in [2.75, 3.05) is 38.0 Å². The van der Waals surface area contributed by atoms with Crippen LogP contribution in [0.15, 0.2) is 24.3 Å². The summed E-state index contributed by atoms with van der Waals surface area (Å²) in [5.41, 5.74) is 0.869. The van der Waals surface area contributed by atoms with Crippen molar-refractivity contribution in [1.82, 2.24) is 9.80 Å². The fourth-order valence-electron chi connectivity index (χ4n) is 4.32. The molecule has 1 aliphatic carbocycles. The third-order valence-electron chi connectivity index (χ3n) is 6.17. The average Bonchev–Trinajstić information content (AvgIpc) is 2.93. The van der Waals surface area contributed by atoms with Crippen LogP contribution in [0.1, 0.15) is 69.7 Å². The van der Waals surface area contributed by atoms with Gasteiger partial charge in [-0.3, -0.25) is 9.59 Å². The van der Waals surface area contributed by atoms with Crippen molar-refractivity contribution in [2.24, 2.45) is 11.3 Å². The number of anilines is 1. The van der Waals surface area contributed by atoms with Gasteiger partial charge < -0.3 is 15.1 Å². The monoisotopic (exact) mass is 399 g/mol. The molecule has 3 rings (SSSR count). The van der Waals surface area contributed by atoms with E-state index in [0.29, 0.717) is 11.3 Å². The molecule has 2 aliphatic rings. The minimum absolute atomic E-state index is 0.0461. The van der Waals surface area contributed by atoms with Crippen LogP contribution in [0.4, 0.5) is 5.69 Å². The lowest BCUT2D eigenvalue weighted by Gasteiger charge is -2.28. The Morgan fingerprint density at radius 1 is 1.00 bits per heavy atom. The minimum atomic E-state index is -0.466. The molecular formula is C24H37N3O2. The molecule has 1 aromatic rings. The molecule has 1 N–H and O–H groups in total. The number of hydrogen-bond acceptors (Lipinski definition) is 3. The van der Waals surface area contributed by atoms with Gasteiger partial charge in [-0.2, -0.15) is 0 Å². The van der Waals surface area contributed by atoms with Gasteiger partial charge in [-0.1, -0.05) is 46.1 Å². The Kier molecular flexibility index (Phi) is 7.33. The van der Waals surface area contributed by atoms with Gasteiger partial charge in [0.15, 0.2) is 0 Å². The fourth-order valence-corrected chi connectivity index (χ4v) is 4.32. The summed E-state index contributed by atoms with van der Waals surface area (Å²) in [4.78, 5) is 29.9. The number of rotatable bonds is 4. The minimum Gasteiger partial charge on any atom is -0.337 e. The first-order valence-electron chi connectivity index (χ1n) is 11.3. The smallest absolute Gasteiger partial charge is 0.253 e. The molecule has 1 aromatic carbocycles. The van der Waals surface area contributed by atoms with E-state index < -0.39 is 5.41 Å². The number of amides is 2. The maximum atomic E-state index is 13.1. The molecule has 1 saturated heterocycles. The maximum Gasteiger partial charge on any atom is 0.253 e. The van der Waals surface area contributed by atoms with Crippen LogP contribution in [0.2, 0.25) is 0 Å². The molecule has 0 aromatic heterocycles. The van der Waals surface area contributed by atoms with Gasteiger partial charge in [0.25, 0.3) is 5.91 Å². The molecule has 1 heterocycles. The Labute approximate surface area is 175 Å². The van der Waals surface area contributed by atoms with Crippen molar-refractivity contribution in [1.29, 1.82) is 0 Å². The zero-order valence-electron chi connectivity index (χ0n) is 18.4. The zero-order chi connectivity index (χ0) is 20.9. The van der Waals surface area contributed by atoms with Crippen LogP contribution in [0.5, 0.6) is 0 Å². The molecule has 0 unspecified atom stereocenters. The van der Waals surface area contributed by atoms with E-state index in [2.05, 4.69) is 10.2 Å². The maximum absolute atomic E-state index is 13.1. The molecule has 1 saturated carbocycles. The molecule has 5 heteroatoms. The quantitative estimate of drug-likeness (QED) is 0.816. The van der Waals surface area contributed by atoms with E-state index >= 15 is 0 Å². The van der Waals surface area contributed by atoms with Crippen LogP contribution in [-0.4, -0.2) is 54.3 Å². The lowest BCUT2D eigenvalue weighted by Crippen LogP contribution is -2.37. The molecule has 1 aliphatic heterocycles. The second kappa shape index (κ2) is 9.75. The molecule has 0 bridgehead atoms. The zero-order valence-corrected chi connectivity index (χ0v) is 18.4. The summed E-state index contributed by atoms with van der Waals surface area (Å²) in [7, 11) is 0. The highest BCUT2D eigenvalue weighted by atomic mass is 16.2. The van der Waals surface area contributed by atoms with Gasteiger partial charge in [0.1, 0.15) is 0 Å². The second-order valence-corrected chi connectivity index (χ2v) is 9.74. The Bertz CT molecular complexity index is 704. The van der Waals surface area contributed by atoms with Crippen LogP contribution < -0.4 is 5.32 Å². The van der Waals surface area contributed by atoms with Gasteiger partial charge in [0, 0.05) is 42.8 Å². The summed E-state index contributed by atoms with van der Waals surface area (Å²) >= 11 is 0. The lowest BCUT2D eigenvalue weighted by atomic mass is 9.89. The lowest BCUT2D eigenvalue weighted by molar-refractivity contribution is -0.123.